The molecule has 0 spiro atoms. The van der Waals surface area contributed by atoms with Crippen molar-refractivity contribution >= 4 is 23.6 Å². The molecule has 2 N–H and O–H groups in total. The second kappa shape index (κ2) is 9.17. The van der Waals surface area contributed by atoms with Crippen LogP contribution in [0.5, 0.6) is 5.75 Å². The van der Waals surface area contributed by atoms with E-state index in [2.05, 4.69) is 15.4 Å². The Bertz CT molecular complexity index is 732. The second-order valence-electron chi connectivity index (χ2n) is 4.91. The van der Waals surface area contributed by atoms with E-state index < -0.39 is 18.4 Å². The van der Waals surface area contributed by atoms with Crippen molar-refractivity contribution in [2.75, 3.05) is 11.9 Å². The van der Waals surface area contributed by atoms with Crippen molar-refractivity contribution in [2.45, 2.75) is 6.61 Å². The van der Waals surface area contributed by atoms with Gasteiger partial charge in [0.05, 0.1) is 6.54 Å². The first-order chi connectivity index (χ1) is 12.0. The Morgan fingerprint density at radius 1 is 1.04 bits per heavy atom. The number of halogens is 2. The molecule has 0 unspecified atom stereocenters. The number of carbonyl (C=O) groups is 2. The van der Waals surface area contributed by atoms with E-state index in [1.807, 2.05) is 30.3 Å². The highest BCUT2D eigenvalue weighted by atomic mass is 19.3. The highest BCUT2D eigenvalue weighted by molar-refractivity contribution is 5.97. The maximum Gasteiger partial charge on any atom is 0.387 e. The summed E-state index contributed by atoms with van der Waals surface area (Å²) in [6.07, 6.45) is 2.97. The van der Waals surface area contributed by atoms with Crippen LogP contribution in [-0.4, -0.2) is 25.0 Å². The fraction of sp³-hybridized carbons (Fsp3) is 0.111. The van der Waals surface area contributed by atoms with Gasteiger partial charge in [0.1, 0.15) is 5.75 Å². The number of hydrogen-bond donors (Lipinski definition) is 2. The topological polar surface area (TPSA) is 67.4 Å². The van der Waals surface area contributed by atoms with Gasteiger partial charge in [-0.3, -0.25) is 9.59 Å². The summed E-state index contributed by atoms with van der Waals surface area (Å²) < 4.78 is 28.3. The minimum absolute atomic E-state index is 0.00708. The third-order valence-corrected chi connectivity index (χ3v) is 3.01. The summed E-state index contributed by atoms with van der Waals surface area (Å²) in [5.41, 5.74) is 1.27. The molecule has 0 heterocycles. The molecule has 130 valence electrons. The molecule has 2 aromatic carbocycles. The zero-order valence-corrected chi connectivity index (χ0v) is 13.1. The predicted octanol–water partition coefficient (Wildman–Crippen LogP) is 3.06. The molecule has 0 fully saturated rings. The smallest absolute Gasteiger partial charge is 0.387 e. The third-order valence-electron chi connectivity index (χ3n) is 3.01. The van der Waals surface area contributed by atoms with Crippen molar-refractivity contribution < 1.29 is 23.1 Å². The van der Waals surface area contributed by atoms with E-state index >= 15 is 0 Å². The molecule has 0 aliphatic carbocycles. The lowest BCUT2D eigenvalue weighted by Crippen LogP contribution is -2.31. The summed E-state index contributed by atoms with van der Waals surface area (Å²) >= 11 is 0. The van der Waals surface area contributed by atoms with Crippen LogP contribution in [0.1, 0.15) is 5.56 Å². The SMILES string of the molecule is O=C(/C=C/c1ccccc1)NCC(=O)Nc1ccc(OC(F)F)cc1. The zero-order chi connectivity index (χ0) is 18.1. The number of alkyl halides is 2. The van der Waals surface area contributed by atoms with Crippen molar-refractivity contribution in [1.82, 2.24) is 5.32 Å². The Kier molecular flexibility index (Phi) is 6.65. The van der Waals surface area contributed by atoms with E-state index in [1.54, 1.807) is 6.08 Å². The second-order valence-corrected chi connectivity index (χ2v) is 4.91. The van der Waals surface area contributed by atoms with Gasteiger partial charge >= 0.3 is 6.61 Å². The first-order valence-corrected chi connectivity index (χ1v) is 7.38. The maximum absolute atomic E-state index is 12.0. The van der Waals surface area contributed by atoms with Gasteiger partial charge in [-0.05, 0) is 35.9 Å². The van der Waals surface area contributed by atoms with Crippen LogP contribution >= 0.6 is 0 Å². The number of rotatable bonds is 7. The van der Waals surface area contributed by atoms with E-state index in [-0.39, 0.29) is 12.3 Å². The Labute approximate surface area is 143 Å². The largest absolute Gasteiger partial charge is 0.435 e. The summed E-state index contributed by atoms with van der Waals surface area (Å²) in [6.45, 7) is -3.12. The van der Waals surface area contributed by atoms with Gasteiger partial charge in [0.25, 0.3) is 0 Å². The normalized spacial score (nSPS) is 10.7. The lowest BCUT2D eigenvalue weighted by atomic mass is 10.2. The molecule has 0 aromatic heterocycles. The number of anilines is 1. The zero-order valence-electron chi connectivity index (χ0n) is 13.1. The molecule has 2 aromatic rings. The van der Waals surface area contributed by atoms with E-state index in [1.165, 1.54) is 30.3 Å². The van der Waals surface area contributed by atoms with Gasteiger partial charge in [0.15, 0.2) is 0 Å². The molecule has 2 amide bonds. The molecule has 25 heavy (non-hydrogen) atoms. The number of hydrogen-bond acceptors (Lipinski definition) is 3. The van der Waals surface area contributed by atoms with Crippen LogP contribution in [0.4, 0.5) is 14.5 Å². The summed E-state index contributed by atoms with van der Waals surface area (Å²) in [5, 5.41) is 4.98. The average molecular weight is 346 g/mol. The molecular formula is C18H16F2N2O3. The molecule has 5 nitrogen and oxygen atoms in total. The quantitative estimate of drug-likeness (QED) is 0.757. The average Bonchev–Trinajstić information content (AvgIpc) is 2.60. The van der Waals surface area contributed by atoms with Crippen LogP contribution in [0.3, 0.4) is 0 Å². The van der Waals surface area contributed by atoms with E-state index in [0.717, 1.165) is 5.56 Å². The first-order valence-electron chi connectivity index (χ1n) is 7.38. The molecule has 0 saturated carbocycles. The molecule has 0 atom stereocenters. The fourth-order valence-electron chi connectivity index (χ4n) is 1.89. The standard InChI is InChI=1S/C18H16F2N2O3/c19-18(20)25-15-9-7-14(8-10-15)22-17(24)12-21-16(23)11-6-13-4-2-1-3-5-13/h1-11,18H,12H2,(H,21,23)(H,22,24)/b11-6+. The fourth-order valence-corrected chi connectivity index (χ4v) is 1.89. The summed E-state index contributed by atoms with van der Waals surface area (Å²) in [6, 6.07) is 14.7. The van der Waals surface area contributed by atoms with E-state index in [0.29, 0.717) is 5.69 Å². The van der Waals surface area contributed by atoms with Crippen molar-refractivity contribution in [1.29, 1.82) is 0 Å². The van der Waals surface area contributed by atoms with Crippen LogP contribution in [0, 0.1) is 0 Å². The van der Waals surface area contributed by atoms with Crippen LogP contribution < -0.4 is 15.4 Å². The summed E-state index contributed by atoms with van der Waals surface area (Å²) in [4.78, 5) is 23.4. The van der Waals surface area contributed by atoms with Crippen LogP contribution in [0.25, 0.3) is 6.08 Å². The van der Waals surface area contributed by atoms with E-state index in [4.69, 9.17) is 0 Å². The van der Waals surface area contributed by atoms with Gasteiger partial charge in [-0.2, -0.15) is 8.78 Å². The predicted molar refractivity (Wildman–Crippen MR) is 90.2 cm³/mol. The number of benzene rings is 2. The van der Waals surface area contributed by atoms with Gasteiger partial charge in [0, 0.05) is 11.8 Å². The van der Waals surface area contributed by atoms with Gasteiger partial charge in [-0.25, -0.2) is 0 Å². The number of ether oxygens (including phenoxy) is 1. The molecular weight excluding hydrogens is 330 g/mol. The number of amides is 2. The Balaban J connectivity index is 1.76. The Morgan fingerprint density at radius 3 is 2.36 bits per heavy atom. The molecule has 2 rings (SSSR count). The molecule has 0 saturated heterocycles. The van der Waals surface area contributed by atoms with E-state index in [9.17, 15) is 18.4 Å². The molecule has 0 aliphatic heterocycles. The minimum atomic E-state index is -2.90. The molecule has 0 aliphatic rings. The Hall–Kier alpha value is -3.22. The number of carbonyl (C=O) groups excluding carboxylic acids is 2. The molecule has 0 radical (unpaired) electrons. The van der Waals surface area contributed by atoms with Crippen LogP contribution in [0.15, 0.2) is 60.7 Å². The lowest BCUT2D eigenvalue weighted by Gasteiger charge is -2.07. The van der Waals surface area contributed by atoms with Crippen LogP contribution in [-0.2, 0) is 9.59 Å². The van der Waals surface area contributed by atoms with Crippen molar-refractivity contribution in [3.8, 4) is 5.75 Å². The van der Waals surface area contributed by atoms with Crippen molar-refractivity contribution in [3.05, 3.63) is 66.2 Å². The monoisotopic (exact) mass is 346 g/mol. The summed E-state index contributed by atoms with van der Waals surface area (Å²) in [5.74, 6) is -0.851. The van der Waals surface area contributed by atoms with Gasteiger partial charge in [-0.1, -0.05) is 30.3 Å². The van der Waals surface area contributed by atoms with Crippen molar-refractivity contribution in [3.63, 3.8) is 0 Å². The lowest BCUT2D eigenvalue weighted by molar-refractivity contribution is -0.121. The number of nitrogens with one attached hydrogen (secondary N) is 2. The van der Waals surface area contributed by atoms with Crippen molar-refractivity contribution in [2.24, 2.45) is 0 Å². The first kappa shape index (κ1) is 18.1. The highest BCUT2D eigenvalue weighted by Crippen LogP contribution is 2.17. The maximum atomic E-state index is 12.0. The third kappa shape index (κ3) is 6.82. The van der Waals surface area contributed by atoms with Gasteiger partial charge < -0.3 is 15.4 Å². The van der Waals surface area contributed by atoms with Gasteiger partial charge in [-0.15, -0.1) is 0 Å². The summed E-state index contributed by atoms with van der Waals surface area (Å²) in [7, 11) is 0. The minimum Gasteiger partial charge on any atom is -0.435 e. The highest BCUT2D eigenvalue weighted by Gasteiger charge is 2.06. The molecule has 7 heteroatoms. The van der Waals surface area contributed by atoms with Crippen LogP contribution in [0.2, 0.25) is 0 Å². The van der Waals surface area contributed by atoms with Gasteiger partial charge in [0.2, 0.25) is 11.8 Å². The molecule has 0 bridgehead atoms. The Morgan fingerprint density at radius 2 is 1.72 bits per heavy atom.